The fraction of sp³-hybridized carbons (Fsp3) is 0.429. The molecule has 4 aromatic rings. The zero-order valence-electron chi connectivity index (χ0n) is 27.3. The van der Waals surface area contributed by atoms with Crippen molar-refractivity contribution in [3.63, 3.8) is 0 Å². The number of nitrogens with zero attached hydrogens (tertiary/aromatic N) is 4. The number of para-hydroxylation sites is 1. The van der Waals surface area contributed by atoms with E-state index in [9.17, 15) is 18.0 Å². The minimum absolute atomic E-state index is 0.0513. The fourth-order valence-corrected chi connectivity index (χ4v) is 6.07. The summed E-state index contributed by atoms with van der Waals surface area (Å²) in [5.74, 6) is 0.775. The van der Waals surface area contributed by atoms with Crippen molar-refractivity contribution in [1.29, 1.82) is 0 Å². The number of fused-ring (bicyclic) bond motifs is 1. The van der Waals surface area contributed by atoms with Crippen LogP contribution in [0.15, 0.2) is 54.7 Å². The number of alkyl halides is 3. The maximum absolute atomic E-state index is 14.0. The van der Waals surface area contributed by atoms with Gasteiger partial charge in [-0.25, -0.2) is 0 Å². The third-order valence-corrected chi connectivity index (χ3v) is 8.30. The minimum Gasteiger partial charge on any atom is -0.494 e. The number of ether oxygens (including phenoxy) is 3. The molecule has 1 N–H and O–H groups in total. The van der Waals surface area contributed by atoms with Gasteiger partial charge in [-0.05, 0) is 56.3 Å². The first-order valence-electron chi connectivity index (χ1n) is 16.0. The highest BCUT2D eigenvalue weighted by Gasteiger charge is 2.33. The lowest BCUT2D eigenvalue weighted by Gasteiger charge is -2.28. The van der Waals surface area contributed by atoms with E-state index in [1.807, 2.05) is 43.0 Å². The molecule has 2 fully saturated rings. The number of nitrogens with one attached hydrogen (secondary N) is 1. The molecular weight excluding hydrogens is 611 g/mol. The number of hydrogen-bond donors (Lipinski definition) is 1. The Hall–Kier alpha value is -4.13. The SMILES string of the molecule is CC.COc1c(CN2CCOCC2)cc(C(F)(F)F)cc1NC(=O)c1cc2cccc(Oc3ccnc(CN4CCCC4)c3)c2n1C. The van der Waals surface area contributed by atoms with E-state index >= 15 is 0 Å². The van der Waals surface area contributed by atoms with Crippen molar-refractivity contribution in [3.8, 4) is 17.2 Å². The van der Waals surface area contributed by atoms with Crippen LogP contribution >= 0.6 is 0 Å². The van der Waals surface area contributed by atoms with Gasteiger partial charge in [0.2, 0.25) is 0 Å². The number of benzene rings is 2. The van der Waals surface area contributed by atoms with Gasteiger partial charge in [0.05, 0.1) is 42.8 Å². The summed E-state index contributed by atoms with van der Waals surface area (Å²) in [5.41, 5.74) is 1.25. The van der Waals surface area contributed by atoms with Gasteiger partial charge in [0.1, 0.15) is 17.2 Å². The van der Waals surface area contributed by atoms with Crippen LogP contribution in [0.1, 0.15) is 54.0 Å². The lowest BCUT2D eigenvalue weighted by atomic mass is 10.1. The van der Waals surface area contributed by atoms with Crippen LogP contribution in [-0.2, 0) is 31.1 Å². The Kier molecular flexibility index (Phi) is 11.1. The van der Waals surface area contributed by atoms with E-state index in [1.165, 1.54) is 20.0 Å². The standard InChI is InChI=1S/C33H36F3N5O4.C2H6/c1-39-28(17-22-6-5-7-29(30(22)39)45-26-8-9-37-25(19-26)21-40-10-3-4-11-40)32(42)38-27-18-24(33(34,35)36)16-23(31(27)43-2)20-41-12-14-44-15-13-41;1-2/h5-9,16-19H,3-4,10-15,20-21H2,1-2H3,(H,38,42);1-2H3. The van der Waals surface area contributed by atoms with Gasteiger partial charge >= 0.3 is 6.18 Å². The molecule has 0 radical (unpaired) electrons. The largest absolute Gasteiger partial charge is 0.494 e. The van der Waals surface area contributed by atoms with E-state index in [0.29, 0.717) is 48.9 Å². The molecule has 0 unspecified atom stereocenters. The average Bonchev–Trinajstić information content (AvgIpc) is 3.70. The number of hydrogen-bond acceptors (Lipinski definition) is 7. The summed E-state index contributed by atoms with van der Waals surface area (Å²) in [6, 6.07) is 12.9. The summed E-state index contributed by atoms with van der Waals surface area (Å²) in [4.78, 5) is 22.5. The van der Waals surface area contributed by atoms with Crippen LogP contribution in [0.3, 0.4) is 0 Å². The maximum atomic E-state index is 14.0. The molecule has 12 heteroatoms. The van der Waals surface area contributed by atoms with Crippen LogP contribution in [0, 0.1) is 0 Å². The molecular formula is C35H42F3N5O4. The van der Waals surface area contributed by atoms with Crippen molar-refractivity contribution in [2.45, 2.75) is 46.0 Å². The summed E-state index contributed by atoms with van der Waals surface area (Å²) in [7, 11) is 3.11. The second-order valence-corrected chi connectivity index (χ2v) is 11.4. The number of carbonyl (C=O) groups excluding carboxylic acids is 1. The van der Waals surface area contributed by atoms with Crippen molar-refractivity contribution in [3.05, 3.63) is 77.2 Å². The molecule has 2 aliphatic heterocycles. The second-order valence-electron chi connectivity index (χ2n) is 11.4. The Morgan fingerprint density at radius 3 is 2.40 bits per heavy atom. The van der Waals surface area contributed by atoms with Crippen molar-refractivity contribution >= 4 is 22.5 Å². The third kappa shape index (κ3) is 8.06. The first-order chi connectivity index (χ1) is 22.7. The number of methoxy groups -OCH3 is 1. The molecule has 2 aromatic heterocycles. The summed E-state index contributed by atoms with van der Waals surface area (Å²) >= 11 is 0. The van der Waals surface area contributed by atoms with E-state index in [-0.39, 0.29) is 23.7 Å². The molecule has 6 rings (SSSR count). The van der Waals surface area contributed by atoms with Gasteiger partial charge in [-0.1, -0.05) is 26.0 Å². The number of halogens is 3. The molecule has 47 heavy (non-hydrogen) atoms. The number of rotatable bonds is 9. The molecule has 9 nitrogen and oxygen atoms in total. The summed E-state index contributed by atoms with van der Waals surface area (Å²) < 4.78 is 60.8. The predicted molar refractivity (Wildman–Crippen MR) is 175 cm³/mol. The van der Waals surface area contributed by atoms with Crippen LogP contribution < -0.4 is 14.8 Å². The number of aryl methyl sites for hydroxylation is 1. The summed E-state index contributed by atoms with van der Waals surface area (Å²) in [5, 5.41) is 3.44. The van der Waals surface area contributed by atoms with Crippen LogP contribution in [0.25, 0.3) is 10.9 Å². The Labute approximate surface area is 273 Å². The zero-order valence-corrected chi connectivity index (χ0v) is 27.3. The lowest BCUT2D eigenvalue weighted by Crippen LogP contribution is -2.35. The molecule has 2 aliphatic rings. The Balaban J connectivity index is 0.00000213. The molecule has 1 amide bonds. The Bertz CT molecular complexity index is 1680. The number of amides is 1. The molecule has 0 aliphatic carbocycles. The lowest BCUT2D eigenvalue weighted by molar-refractivity contribution is -0.137. The number of morpholine rings is 1. The molecule has 4 heterocycles. The van der Waals surface area contributed by atoms with E-state index in [0.717, 1.165) is 42.8 Å². The van der Waals surface area contributed by atoms with Crippen molar-refractivity contribution < 1.29 is 32.2 Å². The van der Waals surface area contributed by atoms with Crippen molar-refractivity contribution in [2.75, 3.05) is 51.8 Å². The van der Waals surface area contributed by atoms with E-state index in [2.05, 4.69) is 15.2 Å². The molecule has 0 spiro atoms. The quantitative estimate of drug-likeness (QED) is 0.207. The molecule has 0 saturated carbocycles. The molecule has 2 saturated heterocycles. The number of carbonyl (C=O) groups is 1. The highest BCUT2D eigenvalue weighted by molar-refractivity contribution is 6.07. The number of anilines is 1. The normalized spacial score (nSPS) is 15.7. The topological polar surface area (TPSA) is 81.1 Å². The molecule has 2 aromatic carbocycles. The molecule has 0 bridgehead atoms. The first kappa shape index (κ1) is 34.2. The van der Waals surface area contributed by atoms with Gasteiger partial charge in [0.15, 0.2) is 5.75 Å². The predicted octanol–water partition coefficient (Wildman–Crippen LogP) is 7.10. The number of pyridine rings is 1. The van der Waals surface area contributed by atoms with Crippen LogP contribution in [0.2, 0.25) is 0 Å². The monoisotopic (exact) mass is 653 g/mol. The summed E-state index contributed by atoms with van der Waals surface area (Å²) in [6.07, 6.45) is -0.505. The average molecular weight is 654 g/mol. The third-order valence-electron chi connectivity index (χ3n) is 8.30. The molecule has 0 atom stereocenters. The van der Waals surface area contributed by atoms with Gasteiger partial charge in [-0.15, -0.1) is 0 Å². The first-order valence-corrected chi connectivity index (χ1v) is 16.0. The maximum Gasteiger partial charge on any atom is 0.416 e. The van der Waals surface area contributed by atoms with Gasteiger partial charge in [0, 0.05) is 56.4 Å². The smallest absolute Gasteiger partial charge is 0.416 e. The van der Waals surface area contributed by atoms with E-state index in [1.54, 1.807) is 29.9 Å². The van der Waals surface area contributed by atoms with Crippen LogP contribution in [0.5, 0.6) is 17.2 Å². The van der Waals surface area contributed by atoms with Crippen LogP contribution in [0.4, 0.5) is 18.9 Å². The fourth-order valence-electron chi connectivity index (χ4n) is 6.07. The van der Waals surface area contributed by atoms with E-state index in [4.69, 9.17) is 14.2 Å². The van der Waals surface area contributed by atoms with E-state index < -0.39 is 17.6 Å². The highest BCUT2D eigenvalue weighted by atomic mass is 19.4. The second kappa shape index (κ2) is 15.2. The van der Waals surface area contributed by atoms with Crippen LogP contribution in [-0.4, -0.2) is 71.8 Å². The summed E-state index contributed by atoms with van der Waals surface area (Å²) in [6.45, 7) is 9.26. The van der Waals surface area contributed by atoms with Crippen molar-refractivity contribution in [2.24, 2.45) is 7.05 Å². The number of aromatic nitrogens is 2. The van der Waals surface area contributed by atoms with Gasteiger partial charge < -0.3 is 24.1 Å². The van der Waals surface area contributed by atoms with Crippen molar-refractivity contribution in [1.82, 2.24) is 19.4 Å². The Morgan fingerprint density at radius 1 is 0.979 bits per heavy atom. The zero-order chi connectivity index (χ0) is 33.6. The number of likely N-dealkylation sites (tertiary alicyclic amines) is 1. The van der Waals surface area contributed by atoms with Gasteiger partial charge in [0.25, 0.3) is 5.91 Å². The minimum atomic E-state index is -4.61. The Morgan fingerprint density at radius 2 is 1.70 bits per heavy atom. The van der Waals surface area contributed by atoms with Gasteiger partial charge in [-0.3, -0.25) is 19.6 Å². The molecule has 252 valence electrons. The van der Waals surface area contributed by atoms with Gasteiger partial charge in [-0.2, -0.15) is 13.2 Å². The highest BCUT2D eigenvalue weighted by Crippen LogP contribution is 2.39.